The molecule has 8 heavy (non-hydrogen) atoms. The molecule has 0 N–H and O–H groups in total. The van der Waals surface area contributed by atoms with Crippen molar-refractivity contribution in [2.24, 2.45) is 5.92 Å². The lowest BCUT2D eigenvalue weighted by atomic mass is 10.1. The summed E-state index contributed by atoms with van der Waals surface area (Å²) in [6.07, 6.45) is 6.37. The Balaban J connectivity index is 2.06. The molecule has 1 unspecified atom stereocenters. The Hall–Kier alpha value is -0.0400. The van der Waals surface area contributed by atoms with Crippen molar-refractivity contribution < 1.29 is 4.74 Å². The maximum Gasteiger partial charge on any atom is 0.0493 e. The first-order valence-corrected chi connectivity index (χ1v) is 3.26. The second-order valence-electron chi connectivity index (χ2n) is 2.38. The van der Waals surface area contributed by atoms with Crippen LogP contribution in [0.2, 0.25) is 0 Å². The zero-order valence-electron chi connectivity index (χ0n) is 5.39. The molecule has 0 bridgehead atoms. The van der Waals surface area contributed by atoms with Crippen molar-refractivity contribution in [3.8, 4) is 0 Å². The predicted molar refractivity (Wildman–Crippen MR) is 33.5 cm³/mol. The van der Waals surface area contributed by atoms with Gasteiger partial charge in [-0.2, -0.15) is 0 Å². The second kappa shape index (κ2) is 3.08. The first-order valence-electron chi connectivity index (χ1n) is 3.26. The quantitative estimate of drug-likeness (QED) is 0.529. The minimum absolute atomic E-state index is 0.764. The molecule has 0 aromatic heterocycles. The van der Waals surface area contributed by atoms with Crippen molar-refractivity contribution in [2.45, 2.75) is 19.3 Å². The molecule has 0 amide bonds. The van der Waals surface area contributed by atoms with Crippen LogP contribution in [0.1, 0.15) is 19.3 Å². The van der Waals surface area contributed by atoms with Crippen molar-refractivity contribution in [1.29, 1.82) is 0 Å². The average molecular weight is 113 g/mol. The first-order chi connectivity index (χ1) is 3.93. The van der Waals surface area contributed by atoms with Crippen LogP contribution in [-0.2, 0) is 4.74 Å². The molecule has 0 saturated heterocycles. The van der Waals surface area contributed by atoms with Crippen molar-refractivity contribution in [2.75, 3.05) is 13.7 Å². The van der Waals surface area contributed by atoms with Crippen molar-refractivity contribution in [3.05, 3.63) is 6.42 Å². The van der Waals surface area contributed by atoms with Crippen LogP contribution in [0.3, 0.4) is 0 Å². The highest BCUT2D eigenvalue weighted by Gasteiger charge is 2.13. The predicted octanol–water partition coefficient (Wildman–Crippen LogP) is 1.64. The van der Waals surface area contributed by atoms with Gasteiger partial charge >= 0.3 is 0 Å². The maximum absolute atomic E-state index is 4.99. The summed E-state index contributed by atoms with van der Waals surface area (Å²) in [7, 11) is 1.77. The molecular formula is C7H13O. The highest BCUT2D eigenvalue weighted by Crippen LogP contribution is 2.23. The Labute approximate surface area is 51.0 Å². The van der Waals surface area contributed by atoms with E-state index in [-0.39, 0.29) is 0 Å². The van der Waals surface area contributed by atoms with Crippen LogP contribution in [0, 0.1) is 12.3 Å². The Kier molecular flexibility index (Phi) is 2.34. The van der Waals surface area contributed by atoms with E-state index in [1.807, 2.05) is 0 Å². The summed E-state index contributed by atoms with van der Waals surface area (Å²) >= 11 is 0. The highest BCUT2D eigenvalue weighted by atomic mass is 16.5. The molecule has 1 aliphatic rings. The molecule has 0 aromatic rings. The van der Waals surface area contributed by atoms with Gasteiger partial charge in [-0.05, 0) is 25.2 Å². The van der Waals surface area contributed by atoms with Crippen molar-refractivity contribution >= 4 is 0 Å². The number of hydrogen-bond acceptors (Lipinski definition) is 1. The molecule has 0 spiro atoms. The van der Waals surface area contributed by atoms with Gasteiger partial charge in [0.25, 0.3) is 0 Å². The molecule has 0 aromatic carbocycles. The van der Waals surface area contributed by atoms with Gasteiger partial charge in [0, 0.05) is 13.7 Å². The summed E-state index contributed by atoms with van der Waals surface area (Å²) in [6.45, 7) is 0.931. The van der Waals surface area contributed by atoms with E-state index in [1.54, 1.807) is 7.11 Å². The molecule has 47 valence electrons. The summed E-state index contributed by atoms with van der Waals surface area (Å²) in [5.41, 5.74) is 0. The second-order valence-corrected chi connectivity index (χ2v) is 2.38. The molecule has 1 rings (SSSR count). The normalized spacial score (nSPS) is 22.1. The third kappa shape index (κ3) is 1.48. The molecule has 1 atom stereocenters. The van der Waals surface area contributed by atoms with Crippen molar-refractivity contribution in [3.63, 3.8) is 0 Å². The molecule has 1 heteroatoms. The number of methoxy groups -OCH3 is 1. The summed E-state index contributed by atoms with van der Waals surface area (Å²) in [6, 6.07) is 0. The van der Waals surface area contributed by atoms with E-state index >= 15 is 0 Å². The smallest absolute Gasteiger partial charge is 0.0493 e. The zero-order valence-corrected chi connectivity index (χ0v) is 5.39. The molecule has 0 heterocycles. The van der Waals surface area contributed by atoms with E-state index in [0.717, 1.165) is 12.5 Å². The topological polar surface area (TPSA) is 9.23 Å². The lowest BCUT2D eigenvalue weighted by Gasteiger charge is -2.03. The molecular weight excluding hydrogens is 100 g/mol. The molecule has 1 fully saturated rings. The van der Waals surface area contributed by atoms with Gasteiger partial charge in [-0.1, -0.05) is 6.42 Å². The molecule has 1 radical (unpaired) electrons. The Morgan fingerprint density at radius 1 is 1.75 bits per heavy atom. The van der Waals surface area contributed by atoms with Gasteiger partial charge in [-0.25, -0.2) is 0 Å². The van der Waals surface area contributed by atoms with Crippen LogP contribution in [0.5, 0.6) is 0 Å². The van der Waals surface area contributed by atoms with Crippen LogP contribution >= 0.6 is 0 Å². The standard InChI is InChI=1S/C7H13O/c1-8-6-7-4-2-3-5-7/h4,7H,2-3,5-6H2,1H3. The van der Waals surface area contributed by atoms with E-state index in [2.05, 4.69) is 6.42 Å². The van der Waals surface area contributed by atoms with Crippen molar-refractivity contribution in [1.82, 2.24) is 0 Å². The van der Waals surface area contributed by atoms with Gasteiger partial charge in [-0.15, -0.1) is 0 Å². The largest absolute Gasteiger partial charge is 0.384 e. The maximum atomic E-state index is 4.99. The molecule has 1 saturated carbocycles. The fraction of sp³-hybridized carbons (Fsp3) is 0.857. The van der Waals surface area contributed by atoms with Gasteiger partial charge in [0.1, 0.15) is 0 Å². The van der Waals surface area contributed by atoms with E-state index in [9.17, 15) is 0 Å². The van der Waals surface area contributed by atoms with Gasteiger partial charge in [0.2, 0.25) is 0 Å². The van der Waals surface area contributed by atoms with E-state index in [0.29, 0.717) is 0 Å². The van der Waals surface area contributed by atoms with Gasteiger partial charge in [0.05, 0.1) is 0 Å². The number of ether oxygens (including phenoxy) is 1. The van der Waals surface area contributed by atoms with E-state index in [4.69, 9.17) is 4.74 Å². The monoisotopic (exact) mass is 113 g/mol. The van der Waals surface area contributed by atoms with Gasteiger partial charge in [-0.3, -0.25) is 0 Å². The van der Waals surface area contributed by atoms with E-state index < -0.39 is 0 Å². The molecule has 0 aliphatic heterocycles. The van der Waals surface area contributed by atoms with E-state index in [1.165, 1.54) is 19.3 Å². The lowest BCUT2D eigenvalue weighted by Crippen LogP contribution is -2.02. The SMILES string of the molecule is COCC1[CH]CCC1. The Bertz CT molecular complexity index is 55.4. The van der Waals surface area contributed by atoms with Crippen LogP contribution < -0.4 is 0 Å². The number of rotatable bonds is 2. The summed E-state index contributed by atoms with van der Waals surface area (Å²) in [5.74, 6) is 0.764. The van der Waals surface area contributed by atoms with Crippen LogP contribution in [0.15, 0.2) is 0 Å². The zero-order chi connectivity index (χ0) is 5.82. The fourth-order valence-corrected chi connectivity index (χ4v) is 1.22. The average Bonchev–Trinajstić information content (AvgIpc) is 2.19. The van der Waals surface area contributed by atoms with Gasteiger partial charge in [0.15, 0.2) is 0 Å². The van der Waals surface area contributed by atoms with Crippen LogP contribution in [0.25, 0.3) is 0 Å². The summed E-state index contributed by atoms with van der Waals surface area (Å²) < 4.78 is 4.99. The first kappa shape index (κ1) is 6.09. The minimum Gasteiger partial charge on any atom is -0.384 e. The highest BCUT2D eigenvalue weighted by molar-refractivity contribution is 4.82. The van der Waals surface area contributed by atoms with Gasteiger partial charge < -0.3 is 4.74 Å². The van der Waals surface area contributed by atoms with Crippen LogP contribution in [0.4, 0.5) is 0 Å². The lowest BCUT2D eigenvalue weighted by molar-refractivity contribution is 0.167. The van der Waals surface area contributed by atoms with Crippen LogP contribution in [-0.4, -0.2) is 13.7 Å². The third-order valence-electron chi connectivity index (χ3n) is 1.66. The number of hydrogen-bond donors (Lipinski definition) is 0. The fourth-order valence-electron chi connectivity index (χ4n) is 1.22. The molecule has 1 nitrogen and oxygen atoms in total. The Morgan fingerprint density at radius 3 is 3.12 bits per heavy atom. The molecule has 1 aliphatic carbocycles. The third-order valence-corrected chi connectivity index (χ3v) is 1.66. The Morgan fingerprint density at radius 2 is 2.62 bits per heavy atom. The minimum atomic E-state index is 0.764. The summed E-state index contributed by atoms with van der Waals surface area (Å²) in [4.78, 5) is 0. The summed E-state index contributed by atoms with van der Waals surface area (Å²) in [5, 5.41) is 0.